The third-order valence-corrected chi connectivity index (χ3v) is 4.29. The topological polar surface area (TPSA) is 78.1 Å². The van der Waals surface area contributed by atoms with Gasteiger partial charge in [-0.1, -0.05) is 23.2 Å². The summed E-state index contributed by atoms with van der Waals surface area (Å²) in [6.07, 6.45) is 0.819. The molecule has 2 aromatic carbocycles. The van der Waals surface area contributed by atoms with E-state index in [1.807, 2.05) is 6.07 Å². The van der Waals surface area contributed by atoms with Crippen LogP contribution in [0.1, 0.15) is 12.0 Å². The SMILES string of the molecule is COc1ccc(NC(N)=NCc2cc(Cl)c3c(c2)OCCCO3)cc1Cl. The van der Waals surface area contributed by atoms with E-state index in [0.29, 0.717) is 52.7 Å². The van der Waals surface area contributed by atoms with Crippen LogP contribution in [-0.4, -0.2) is 26.3 Å². The Bertz CT molecular complexity index is 828. The number of ether oxygens (including phenoxy) is 3. The molecule has 0 saturated carbocycles. The number of nitrogens with two attached hydrogens (primary N) is 1. The number of hydrogen-bond donors (Lipinski definition) is 2. The van der Waals surface area contributed by atoms with Crippen LogP contribution in [0, 0.1) is 0 Å². The lowest BCUT2D eigenvalue weighted by atomic mass is 10.2. The van der Waals surface area contributed by atoms with Gasteiger partial charge < -0.3 is 25.3 Å². The minimum atomic E-state index is 0.259. The molecule has 0 unspecified atom stereocenters. The smallest absolute Gasteiger partial charge is 0.193 e. The first kappa shape index (κ1) is 18.5. The molecule has 0 saturated heterocycles. The number of nitrogens with one attached hydrogen (secondary N) is 1. The fourth-order valence-corrected chi connectivity index (χ4v) is 3.03. The Kier molecular flexibility index (Phi) is 5.96. The van der Waals surface area contributed by atoms with Gasteiger partial charge in [-0.05, 0) is 35.9 Å². The van der Waals surface area contributed by atoms with Crippen LogP contribution in [0.25, 0.3) is 0 Å². The summed E-state index contributed by atoms with van der Waals surface area (Å²) in [5.41, 5.74) is 7.54. The molecule has 0 aliphatic carbocycles. The average Bonchev–Trinajstić information content (AvgIpc) is 2.86. The number of benzene rings is 2. The highest BCUT2D eigenvalue weighted by Gasteiger charge is 2.15. The lowest BCUT2D eigenvalue weighted by Crippen LogP contribution is -2.22. The first-order valence-electron chi connectivity index (χ1n) is 8.05. The first-order chi connectivity index (χ1) is 12.6. The van der Waals surface area contributed by atoms with Gasteiger partial charge in [0.25, 0.3) is 0 Å². The zero-order chi connectivity index (χ0) is 18.5. The number of fused-ring (bicyclic) bond motifs is 1. The number of rotatable bonds is 4. The van der Waals surface area contributed by atoms with Crippen molar-refractivity contribution >= 4 is 34.8 Å². The van der Waals surface area contributed by atoms with Crippen LogP contribution in [0.2, 0.25) is 10.0 Å². The second kappa shape index (κ2) is 8.38. The third kappa shape index (κ3) is 4.45. The highest BCUT2D eigenvalue weighted by molar-refractivity contribution is 6.32. The van der Waals surface area contributed by atoms with Gasteiger partial charge in [-0.25, -0.2) is 4.99 Å². The first-order valence-corrected chi connectivity index (χ1v) is 8.81. The molecular weight excluding hydrogens is 377 g/mol. The molecule has 0 fully saturated rings. The van der Waals surface area contributed by atoms with Gasteiger partial charge in [0.15, 0.2) is 17.5 Å². The summed E-state index contributed by atoms with van der Waals surface area (Å²) in [4.78, 5) is 4.33. The summed E-state index contributed by atoms with van der Waals surface area (Å²) in [7, 11) is 1.56. The molecule has 1 heterocycles. The molecule has 0 atom stereocenters. The Balaban J connectivity index is 1.70. The maximum Gasteiger partial charge on any atom is 0.193 e. The Morgan fingerprint density at radius 2 is 2.00 bits per heavy atom. The summed E-state index contributed by atoms with van der Waals surface area (Å²) >= 11 is 12.4. The van der Waals surface area contributed by atoms with Crippen molar-refractivity contribution in [1.82, 2.24) is 0 Å². The Morgan fingerprint density at radius 1 is 1.19 bits per heavy atom. The van der Waals surface area contributed by atoms with Crippen LogP contribution in [0.15, 0.2) is 35.3 Å². The fourth-order valence-electron chi connectivity index (χ4n) is 2.48. The van der Waals surface area contributed by atoms with Gasteiger partial charge in [-0.2, -0.15) is 0 Å². The lowest BCUT2D eigenvalue weighted by Gasteiger charge is -2.11. The normalized spacial score (nSPS) is 13.9. The molecule has 6 nitrogen and oxygen atoms in total. The molecule has 0 bridgehead atoms. The summed E-state index contributed by atoms with van der Waals surface area (Å²) in [6.45, 7) is 1.53. The molecule has 8 heteroatoms. The van der Waals surface area contributed by atoms with Gasteiger partial charge in [-0.3, -0.25) is 0 Å². The van der Waals surface area contributed by atoms with Crippen molar-refractivity contribution in [2.45, 2.75) is 13.0 Å². The van der Waals surface area contributed by atoms with E-state index in [-0.39, 0.29) is 5.96 Å². The van der Waals surface area contributed by atoms with Crippen molar-refractivity contribution in [1.29, 1.82) is 0 Å². The molecule has 1 aliphatic heterocycles. The van der Waals surface area contributed by atoms with E-state index < -0.39 is 0 Å². The van der Waals surface area contributed by atoms with Crippen molar-refractivity contribution in [2.75, 3.05) is 25.6 Å². The number of nitrogens with zero attached hydrogens (tertiary/aromatic N) is 1. The van der Waals surface area contributed by atoms with Crippen LogP contribution in [0.4, 0.5) is 5.69 Å². The quantitative estimate of drug-likeness (QED) is 0.601. The molecule has 0 aromatic heterocycles. The number of anilines is 1. The van der Waals surface area contributed by atoms with Crippen LogP contribution in [0.3, 0.4) is 0 Å². The molecule has 0 radical (unpaired) electrons. The zero-order valence-corrected chi connectivity index (χ0v) is 15.7. The second-order valence-electron chi connectivity index (χ2n) is 5.63. The van der Waals surface area contributed by atoms with Crippen LogP contribution in [-0.2, 0) is 6.54 Å². The Morgan fingerprint density at radius 3 is 2.77 bits per heavy atom. The Hall–Kier alpha value is -2.31. The number of halogens is 2. The van der Waals surface area contributed by atoms with Crippen molar-refractivity contribution in [3.05, 3.63) is 45.9 Å². The third-order valence-electron chi connectivity index (χ3n) is 3.72. The largest absolute Gasteiger partial charge is 0.495 e. The summed E-state index contributed by atoms with van der Waals surface area (Å²) in [6, 6.07) is 8.94. The molecule has 26 heavy (non-hydrogen) atoms. The highest BCUT2D eigenvalue weighted by Crippen LogP contribution is 2.38. The molecule has 0 amide bonds. The van der Waals surface area contributed by atoms with E-state index >= 15 is 0 Å². The van der Waals surface area contributed by atoms with Gasteiger partial charge in [0.05, 0.1) is 36.9 Å². The van der Waals surface area contributed by atoms with Gasteiger partial charge in [0.2, 0.25) is 0 Å². The van der Waals surface area contributed by atoms with E-state index in [1.54, 1.807) is 31.4 Å². The van der Waals surface area contributed by atoms with Crippen LogP contribution >= 0.6 is 23.2 Å². The average molecular weight is 396 g/mol. The summed E-state index contributed by atoms with van der Waals surface area (Å²) in [5, 5.41) is 3.98. The Labute approximate surface area is 161 Å². The van der Waals surface area contributed by atoms with Crippen molar-refractivity contribution in [3.63, 3.8) is 0 Å². The molecule has 3 N–H and O–H groups in total. The number of hydrogen-bond acceptors (Lipinski definition) is 4. The summed E-state index contributed by atoms with van der Waals surface area (Å²) < 4.78 is 16.4. The van der Waals surface area contributed by atoms with Gasteiger partial charge in [0.1, 0.15) is 5.75 Å². The van der Waals surface area contributed by atoms with Gasteiger partial charge in [-0.15, -0.1) is 0 Å². The van der Waals surface area contributed by atoms with E-state index in [0.717, 1.165) is 12.0 Å². The van der Waals surface area contributed by atoms with Gasteiger partial charge >= 0.3 is 0 Å². The number of methoxy groups -OCH3 is 1. The standard InChI is InChI=1S/C18H19Cl2N3O3/c1-24-15-4-3-12(9-13(15)19)23-18(21)22-10-11-7-14(20)17-16(8-11)25-5-2-6-26-17/h3-4,7-9H,2,5-6,10H2,1H3,(H3,21,22,23). The molecule has 2 aromatic rings. The predicted molar refractivity (Wildman–Crippen MR) is 104 cm³/mol. The van der Waals surface area contributed by atoms with Crippen molar-refractivity contribution < 1.29 is 14.2 Å². The van der Waals surface area contributed by atoms with Crippen LogP contribution < -0.4 is 25.3 Å². The van der Waals surface area contributed by atoms with E-state index in [4.69, 9.17) is 43.1 Å². The van der Waals surface area contributed by atoms with E-state index in [9.17, 15) is 0 Å². The fraction of sp³-hybridized carbons (Fsp3) is 0.278. The summed E-state index contributed by atoms with van der Waals surface area (Å²) in [5.74, 6) is 2.06. The number of guanidine groups is 1. The van der Waals surface area contributed by atoms with Crippen LogP contribution in [0.5, 0.6) is 17.2 Å². The lowest BCUT2D eigenvalue weighted by molar-refractivity contribution is 0.297. The minimum absolute atomic E-state index is 0.259. The van der Waals surface area contributed by atoms with E-state index in [1.165, 1.54) is 0 Å². The van der Waals surface area contributed by atoms with Crippen molar-refractivity contribution in [2.24, 2.45) is 10.7 Å². The van der Waals surface area contributed by atoms with Crippen molar-refractivity contribution in [3.8, 4) is 17.2 Å². The minimum Gasteiger partial charge on any atom is -0.495 e. The molecule has 1 aliphatic rings. The second-order valence-corrected chi connectivity index (χ2v) is 6.45. The zero-order valence-electron chi connectivity index (χ0n) is 14.2. The maximum atomic E-state index is 6.28. The molecule has 0 spiro atoms. The van der Waals surface area contributed by atoms with Gasteiger partial charge in [0, 0.05) is 12.1 Å². The highest BCUT2D eigenvalue weighted by atomic mass is 35.5. The monoisotopic (exact) mass is 395 g/mol. The number of aliphatic imine (C=N–C) groups is 1. The predicted octanol–water partition coefficient (Wildman–Crippen LogP) is 4.09. The maximum absolute atomic E-state index is 6.28. The molecular formula is C18H19Cl2N3O3. The molecule has 138 valence electrons. The van der Waals surface area contributed by atoms with E-state index in [2.05, 4.69) is 10.3 Å². The molecule has 3 rings (SSSR count).